The zero-order valence-electron chi connectivity index (χ0n) is 14.9. The molecule has 25 heavy (non-hydrogen) atoms. The van der Waals surface area contributed by atoms with Crippen molar-refractivity contribution in [3.8, 4) is 0 Å². The van der Waals surface area contributed by atoms with Gasteiger partial charge in [0.1, 0.15) is 6.54 Å². The molecular formula is C22H28NO2+. The van der Waals surface area contributed by atoms with Crippen molar-refractivity contribution in [1.29, 1.82) is 0 Å². The zero-order valence-corrected chi connectivity index (χ0v) is 14.9. The quantitative estimate of drug-likeness (QED) is 0.773. The summed E-state index contributed by atoms with van der Waals surface area (Å²) in [6.45, 7) is 2.51. The lowest BCUT2D eigenvalue weighted by molar-refractivity contribution is -0.0278. The van der Waals surface area contributed by atoms with E-state index >= 15 is 0 Å². The van der Waals surface area contributed by atoms with E-state index in [1.807, 2.05) is 0 Å². The lowest BCUT2D eigenvalue weighted by Gasteiger charge is -2.37. The first kappa shape index (κ1) is 16.7. The summed E-state index contributed by atoms with van der Waals surface area (Å²) in [7, 11) is 0. The Balaban J connectivity index is 1.38. The molecule has 1 saturated heterocycles. The number of likely N-dealkylation sites (tertiary alicyclic amines) is 1. The van der Waals surface area contributed by atoms with E-state index in [4.69, 9.17) is 4.74 Å². The van der Waals surface area contributed by atoms with Gasteiger partial charge < -0.3 is 4.74 Å². The number of rotatable bonds is 5. The molecule has 1 aliphatic heterocycles. The molecule has 2 aromatic carbocycles. The van der Waals surface area contributed by atoms with Crippen molar-refractivity contribution in [2.24, 2.45) is 0 Å². The number of fused-ring (bicyclic) bond motifs is 1. The van der Waals surface area contributed by atoms with Gasteiger partial charge in [0, 0.05) is 12.6 Å². The molecule has 1 heterocycles. The van der Waals surface area contributed by atoms with Gasteiger partial charge in [-0.25, -0.2) is 0 Å². The predicted octanol–water partition coefficient (Wildman–Crippen LogP) is 3.96. The molecule has 4 rings (SSSR count). The van der Waals surface area contributed by atoms with Gasteiger partial charge in [-0.1, -0.05) is 55.3 Å². The van der Waals surface area contributed by atoms with Crippen LogP contribution < -0.4 is 0 Å². The average molecular weight is 338 g/mol. The Hall–Kier alpha value is -1.71. The number of hydrogen-bond acceptors (Lipinski definition) is 2. The van der Waals surface area contributed by atoms with E-state index < -0.39 is 0 Å². The van der Waals surface area contributed by atoms with Crippen LogP contribution in [0.3, 0.4) is 0 Å². The van der Waals surface area contributed by atoms with Gasteiger partial charge in [-0.15, -0.1) is 0 Å². The Morgan fingerprint density at radius 3 is 2.76 bits per heavy atom. The molecule has 0 radical (unpaired) electrons. The lowest BCUT2D eigenvalue weighted by Crippen LogP contribution is -2.45. The normalized spacial score (nSPS) is 24.9. The number of ketones is 1. The lowest BCUT2D eigenvalue weighted by atomic mass is 9.91. The molecule has 2 atom stereocenters. The van der Waals surface area contributed by atoms with Gasteiger partial charge >= 0.3 is 5.78 Å². The van der Waals surface area contributed by atoms with Crippen LogP contribution in [0.1, 0.15) is 37.7 Å². The minimum absolute atomic E-state index is 0.314. The molecule has 2 aliphatic rings. The Morgan fingerprint density at radius 2 is 1.88 bits per heavy atom. The highest BCUT2D eigenvalue weighted by Crippen LogP contribution is 2.28. The van der Waals surface area contributed by atoms with Crippen molar-refractivity contribution in [1.82, 2.24) is 4.90 Å². The van der Waals surface area contributed by atoms with E-state index in [9.17, 15) is 4.79 Å². The summed E-state index contributed by atoms with van der Waals surface area (Å²) >= 11 is 0. The van der Waals surface area contributed by atoms with E-state index in [-0.39, 0.29) is 0 Å². The molecule has 1 N–H and O–H groups in total. The minimum Gasteiger partial charge on any atom is -0.376 e. The highest BCUT2D eigenvalue weighted by Gasteiger charge is 2.36. The number of carbonyl (C=O) groups excluding carboxylic acids is 1. The number of hydrogen-bond donors (Lipinski definition) is 0. The molecule has 2 fully saturated rings. The van der Waals surface area contributed by atoms with E-state index in [1.165, 1.54) is 35.6 Å². The van der Waals surface area contributed by atoms with E-state index in [0.29, 0.717) is 17.9 Å². The maximum Gasteiger partial charge on any atom is 0.308 e. The third-order valence-corrected chi connectivity index (χ3v) is 5.79. The monoisotopic (exact) mass is 338 g/mol. The summed E-state index contributed by atoms with van der Waals surface area (Å²) in [6.07, 6.45) is 7.00. The number of nitrogens with zero attached hydrogens (tertiary/aromatic N) is 1. The summed E-state index contributed by atoms with van der Waals surface area (Å²) in [4.78, 5) is 12.2. The Morgan fingerprint density at radius 1 is 1.04 bits per heavy atom. The highest BCUT2D eigenvalue weighted by atomic mass is 16.5. The smallest absolute Gasteiger partial charge is 0.308 e. The molecular weight excluding hydrogens is 310 g/mol. The van der Waals surface area contributed by atoms with Crippen LogP contribution in [0.5, 0.6) is 0 Å². The van der Waals surface area contributed by atoms with Crippen LogP contribution in [-0.2, 0) is 11.2 Å². The van der Waals surface area contributed by atoms with Crippen molar-refractivity contribution in [3.05, 3.63) is 48.0 Å². The summed E-state index contributed by atoms with van der Waals surface area (Å²) < 4.78 is 6.36. The summed E-state index contributed by atoms with van der Waals surface area (Å²) in [5.41, 5.74) is 1.37. The van der Waals surface area contributed by atoms with Crippen LogP contribution in [0.4, 0.5) is 0 Å². The second-order valence-corrected chi connectivity index (χ2v) is 7.44. The Bertz CT molecular complexity index is 736. The minimum atomic E-state index is 0.314. The van der Waals surface area contributed by atoms with Crippen LogP contribution in [0.2, 0.25) is 0 Å². The SMILES string of the molecule is [OH+]=C1CCN(C2CCCCC2OCCc2cccc3ccccc23)C1. The van der Waals surface area contributed by atoms with Crippen LogP contribution in [0.15, 0.2) is 42.5 Å². The second kappa shape index (κ2) is 7.67. The van der Waals surface area contributed by atoms with Gasteiger partial charge in [-0.05, 0) is 35.6 Å². The molecule has 3 nitrogen and oxygen atoms in total. The van der Waals surface area contributed by atoms with Crippen molar-refractivity contribution in [2.45, 2.75) is 50.7 Å². The molecule has 0 aromatic heterocycles. The molecule has 0 amide bonds. The molecule has 2 aromatic rings. The fourth-order valence-corrected chi connectivity index (χ4v) is 4.47. The largest absolute Gasteiger partial charge is 0.376 e. The van der Waals surface area contributed by atoms with Crippen molar-refractivity contribution < 1.29 is 9.53 Å². The topological polar surface area (TPSA) is 33.9 Å². The van der Waals surface area contributed by atoms with Crippen molar-refractivity contribution in [3.63, 3.8) is 0 Å². The van der Waals surface area contributed by atoms with E-state index in [2.05, 4.69) is 47.4 Å². The molecule has 1 aliphatic carbocycles. The first-order valence-corrected chi connectivity index (χ1v) is 9.67. The maximum atomic E-state index is 9.78. The first-order valence-electron chi connectivity index (χ1n) is 9.67. The molecule has 132 valence electrons. The van der Waals surface area contributed by atoms with Crippen molar-refractivity contribution in [2.75, 3.05) is 19.7 Å². The Labute approximate surface area is 150 Å². The van der Waals surface area contributed by atoms with Crippen LogP contribution in [-0.4, -0.2) is 47.3 Å². The van der Waals surface area contributed by atoms with Gasteiger partial charge in [0.25, 0.3) is 0 Å². The molecule has 2 unspecified atom stereocenters. The Kier molecular flexibility index (Phi) is 5.14. The van der Waals surface area contributed by atoms with Gasteiger partial charge in [-0.3, -0.25) is 9.69 Å². The maximum absolute atomic E-state index is 9.78. The van der Waals surface area contributed by atoms with Crippen molar-refractivity contribution >= 4 is 16.6 Å². The fourth-order valence-electron chi connectivity index (χ4n) is 4.47. The van der Waals surface area contributed by atoms with Gasteiger partial charge in [0.15, 0.2) is 0 Å². The molecule has 1 saturated carbocycles. The third kappa shape index (κ3) is 3.78. The summed E-state index contributed by atoms with van der Waals surface area (Å²) in [5.74, 6) is 0.639. The fraction of sp³-hybridized carbons (Fsp3) is 0.500. The van der Waals surface area contributed by atoms with Gasteiger partial charge in [-0.2, -0.15) is 0 Å². The van der Waals surface area contributed by atoms with Crippen LogP contribution in [0, 0.1) is 0 Å². The number of ether oxygens (including phenoxy) is 1. The van der Waals surface area contributed by atoms with Crippen LogP contribution in [0.25, 0.3) is 10.8 Å². The highest BCUT2D eigenvalue weighted by molar-refractivity contribution is 5.85. The predicted molar refractivity (Wildman–Crippen MR) is 103 cm³/mol. The second-order valence-electron chi connectivity index (χ2n) is 7.44. The standard InChI is InChI=1S/C22H27NO2/c24-19-12-14-23(16-19)21-10-3-4-11-22(21)25-15-13-18-8-5-7-17-6-1-2-9-20(17)18/h1-2,5-9,21-22H,3-4,10-16H2/p+1. The first-order chi connectivity index (χ1) is 12.3. The van der Waals surface area contributed by atoms with Crippen LogP contribution >= 0.6 is 0 Å². The van der Waals surface area contributed by atoms with Gasteiger partial charge in [0.05, 0.1) is 19.1 Å². The number of benzene rings is 2. The zero-order chi connectivity index (χ0) is 17.1. The average Bonchev–Trinajstić information content (AvgIpc) is 3.08. The summed E-state index contributed by atoms with van der Waals surface area (Å²) in [5, 5.41) is 2.64. The molecule has 0 spiro atoms. The van der Waals surface area contributed by atoms with E-state index in [0.717, 1.165) is 39.0 Å². The summed E-state index contributed by atoms with van der Waals surface area (Å²) in [6, 6.07) is 15.6. The van der Waals surface area contributed by atoms with Gasteiger partial charge in [0.2, 0.25) is 0 Å². The third-order valence-electron chi connectivity index (χ3n) is 5.79. The molecule has 0 bridgehead atoms. The van der Waals surface area contributed by atoms with E-state index in [1.54, 1.807) is 0 Å². The molecule has 3 heteroatoms.